The van der Waals surface area contributed by atoms with Crippen LogP contribution in [0.4, 0.5) is 5.69 Å². The van der Waals surface area contributed by atoms with Crippen LogP contribution in [0.1, 0.15) is 17.1 Å². The topological polar surface area (TPSA) is 58.5 Å². The Morgan fingerprint density at radius 3 is 2.80 bits per heavy atom. The van der Waals surface area contributed by atoms with Crippen molar-refractivity contribution >= 4 is 5.69 Å². The van der Waals surface area contributed by atoms with Crippen LogP contribution >= 0.6 is 0 Å². The van der Waals surface area contributed by atoms with E-state index in [9.17, 15) is 0 Å². The van der Waals surface area contributed by atoms with Crippen LogP contribution in [0.2, 0.25) is 0 Å². The van der Waals surface area contributed by atoms with Gasteiger partial charge in [-0.3, -0.25) is 9.78 Å². The van der Waals surface area contributed by atoms with Crippen LogP contribution in [0.25, 0.3) is 0 Å². The second-order valence-electron chi connectivity index (χ2n) is 3.61. The fourth-order valence-corrected chi connectivity index (χ4v) is 1.57. The average molecular weight is 205 g/mol. The van der Waals surface area contributed by atoms with Gasteiger partial charge in [0.25, 0.3) is 0 Å². The summed E-state index contributed by atoms with van der Waals surface area (Å²) in [7, 11) is 1.94. The van der Waals surface area contributed by atoms with E-state index in [0.717, 1.165) is 29.3 Å². The van der Waals surface area contributed by atoms with Crippen LogP contribution in [0.15, 0.2) is 12.3 Å². The molecule has 2 heterocycles. The van der Waals surface area contributed by atoms with Crippen molar-refractivity contribution in [1.29, 1.82) is 0 Å². The Morgan fingerprint density at radius 1 is 1.47 bits per heavy atom. The third kappa shape index (κ3) is 1.86. The standard InChI is InChI=1S/C10H15N5/c1-7-10(8(2)14-13-7)11-6-9-4-5-12-15(9)3/h4-5,11H,6H2,1-3H3,(H,13,14). The lowest BCUT2D eigenvalue weighted by atomic mass is 10.3. The molecule has 0 atom stereocenters. The fourth-order valence-electron chi connectivity index (χ4n) is 1.57. The number of hydrogen-bond acceptors (Lipinski definition) is 3. The molecule has 0 aliphatic heterocycles. The van der Waals surface area contributed by atoms with Gasteiger partial charge in [-0.1, -0.05) is 0 Å². The lowest BCUT2D eigenvalue weighted by Crippen LogP contribution is -2.06. The van der Waals surface area contributed by atoms with E-state index in [4.69, 9.17) is 0 Å². The van der Waals surface area contributed by atoms with Crippen LogP contribution in [0.3, 0.4) is 0 Å². The van der Waals surface area contributed by atoms with Gasteiger partial charge in [0.1, 0.15) is 0 Å². The zero-order chi connectivity index (χ0) is 10.8. The van der Waals surface area contributed by atoms with Gasteiger partial charge in [0.15, 0.2) is 0 Å². The monoisotopic (exact) mass is 205 g/mol. The molecule has 2 aromatic rings. The van der Waals surface area contributed by atoms with Gasteiger partial charge in [-0.05, 0) is 19.9 Å². The number of rotatable bonds is 3. The molecule has 0 saturated heterocycles. The van der Waals surface area contributed by atoms with E-state index in [0.29, 0.717) is 0 Å². The molecular weight excluding hydrogens is 190 g/mol. The quantitative estimate of drug-likeness (QED) is 0.795. The molecule has 2 aromatic heterocycles. The summed E-state index contributed by atoms with van der Waals surface area (Å²) >= 11 is 0. The molecule has 80 valence electrons. The van der Waals surface area contributed by atoms with Gasteiger partial charge >= 0.3 is 0 Å². The van der Waals surface area contributed by atoms with E-state index < -0.39 is 0 Å². The molecule has 0 aromatic carbocycles. The maximum Gasteiger partial charge on any atom is 0.0825 e. The highest BCUT2D eigenvalue weighted by Gasteiger charge is 2.06. The van der Waals surface area contributed by atoms with E-state index in [1.165, 1.54) is 0 Å². The molecule has 5 nitrogen and oxygen atoms in total. The molecule has 0 radical (unpaired) electrons. The molecule has 0 spiro atoms. The molecule has 15 heavy (non-hydrogen) atoms. The number of H-pyrrole nitrogens is 1. The van der Waals surface area contributed by atoms with Gasteiger partial charge in [-0.2, -0.15) is 10.2 Å². The molecule has 0 amide bonds. The second kappa shape index (κ2) is 3.76. The van der Waals surface area contributed by atoms with Gasteiger partial charge in [-0.15, -0.1) is 0 Å². The van der Waals surface area contributed by atoms with Crippen LogP contribution < -0.4 is 5.32 Å². The minimum absolute atomic E-state index is 0.762. The molecular formula is C10H15N5. The number of nitrogens with zero attached hydrogens (tertiary/aromatic N) is 3. The van der Waals surface area contributed by atoms with Crippen LogP contribution in [0, 0.1) is 13.8 Å². The lowest BCUT2D eigenvalue weighted by Gasteiger charge is -2.06. The highest BCUT2D eigenvalue weighted by Crippen LogP contribution is 2.16. The minimum atomic E-state index is 0.762. The van der Waals surface area contributed by atoms with Gasteiger partial charge < -0.3 is 5.32 Å². The first-order valence-corrected chi connectivity index (χ1v) is 4.91. The van der Waals surface area contributed by atoms with Crippen molar-refractivity contribution < 1.29 is 0 Å². The van der Waals surface area contributed by atoms with Gasteiger partial charge in [-0.25, -0.2) is 0 Å². The Labute approximate surface area is 88.5 Å². The average Bonchev–Trinajstić information content (AvgIpc) is 2.73. The van der Waals surface area contributed by atoms with Crippen molar-refractivity contribution in [2.45, 2.75) is 20.4 Å². The number of nitrogens with one attached hydrogen (secondary N) is 2. The molecule has 0 aliphatic carbocycles. The Hall–Kier alpha value is -1.78. The van der Waals surface area contributed by atoms with Crippen molar-refractivity contribution in [3.63, 3.8) is 0 Å². The Morgan fingerprint density at radius 2 is 2.27 bits per heavy atom. The third-order valence-corrected chi connectivity index (χ3v) is 2.50. The number of aromatic amines is 1. The smallest absolute Gasteiger partial charge is 0.0825 e. The zero-order valence-electron chi connectivity index (χ0n) is 9.20. The molecule has 0 aliphatic rings. The van der Waals surface area contributed by atoms with Crippen LogP contribution in [-0.2, 0) is 13.6 Å². The van der Waals surface area contributed by atoms with E-state index in [2.05, 4.69) is 20.6 Å². The summed E-state index contributed by atoms with van der Waals surface area (Å²) in [5, 5.41) is 14.5. The number of anilines is 1. The maximum atomic E-state index is 4.13. The maximum absolute atomic E-state index is 4.13. The van der Waals surface area contributed by atoms with Gasteiger partial charge in [0, 0.05) is 13.2 Å². The molecule has 2 N–H and O–H groups in total. The largest absolute Gasteiger partial charge is 0.376 e. The molecule has 0 fully saturated rings. The van der Waals surface area contributed by atoms with E-state index in [1.807, 2.05) is 31.6 Å². The van der Waals surface area contributed by atoms with Gasteiger partial charge in [0.2, 0.25) is 0 Å². The summed E-state index contributed by atoms with van der Waals surface area (Å²) in [6.45, 7) is 4.75. The third-order valence-electron chi connectivity index (χ3n) is 2.50. The highest BCUT2D eigenvalue weighted by molar-refractivity contribution is 5.51. The highest BCUT2D eigenvalue weighted by atomic mass is 15.3. The van der Waals surface area contributed by atoms with E-state index >= 15 is 0 Å². The molecule has 0 unspecified atom stereocenters. The Kier molecular flexibility index (Phi) is 2.45. The number of aromatic nitrogens is 4. The molecule has 0 saturated carbocycles. The van der Waals surface area contributed by atoms with Crippen molar-refractivity contribution in [2.75, 3.05) is 5.32 Å². The first-order valence-electron chi connectivity index (χ1n) is 4.91. The van der Waals surface area contributed by atoms with Gasteiger partial charge in [0.05, 0.1) is 29.3 Å². The van der Waals surface area contributed by atoms with Crippen molar-refractivity contribution in [1.82, 2.24) is 20.0 Å². The first kappa shape index (κ1) is 9.76. The van der Waals surface area contributed by atoms with Crippen LogP contribution in [-0.4, -0.2) is 20.0 Å². The molecule has 5 heteroatoms. The normalized spacial score (nSPS) is 10.6. The first-order chi connectivity index (χ1) is 7.18. The summed E-state index contributed by atoms with van der Waals surface area (Å²) in [5.74, 6) is 0. The van der Waals surface area contributed by atoms with Crippen molar-refractivity contribution in [3.8, 4) is 0 Å². The molecule has 2 rings (SSSR count). The Bertz CT molecular complexity index is 435. The lowest BCUT2D eigenvalue weighted by molar-refractivity contribution is 0.720. The number of aryl methyl sites for hydroxylation is 3. The summed E-state index contributed by atoms with van der Waals surface area (Å²) in [6.07, 6.45) is 1.80. The summed E-state index contributed by atoms with van der Waals surface area (Å²) in [6, 6.07) is 2.00. The predicted octanol–water partition coefficient (Wildman–Crippen LogP) is 1.37. The minimum Gasteiger partial charge on any atom is -0.376 e. The predicted molar refractivity (Wildman–Crippen MR) is 58.6 cm³/mol. The van der Waals surface area contributed by atoms with E-state index in [-0.39, 0.29) is 0 Å². The Balaban J connectivity index is 2.08. The number of hydrogen-bond donors (Lipinski definition) is 2. The SMILES string of the molecule is Cc1n[nH]c(C)c1NCc1ccnn1C. The van der Waals surface area contributed by atoms with Crippen molar-refractivity contribution in [2.24, 2.45) is 7.05 Å². The van der Waals surface area contributed by atoms with Crippen molar-refractivity contribution in [3.05, 3.63) is 29.3 Å². The molecule has 0 bridgehead atoms. The van der Waals surface area contributed by atoms with Crippen LogP contribution in [0.5, 0.6) is 0 Å². The second-order valence-corrected chi connectivity index (χ2v) is 3.61. The summed E-state index contributed by atoms with van der Waals surface area (Å²) < 4.78 is 1.86. The zero-order valence-corrected chi connectivity index (χ0v) is 9.20. The summed E-state index contributed by atoms with van der Waals surface area (Å²) in [4.78, 5) is 0. The fraction of sp³-hybridized carbons (Fsp3) is 0.400. The van der Waals surface area contributed by atoms with E-state index in [1.54, 1.807) is 6.20 Å². The summed E-state index contributed by atoms with van der Waals surface area (Å²) in [5.41, 5.74) is 4.29.